The molecule has 6 nitrogen and oxygen atoms in total. The van der Waals surface area contributed by atoms with Crippen LogP contribution < -0.4 is 5.32 Å². The van der Waals surface area contributed by atoms with Crippen molar-refractivity contribution in [3.8, 4) is 0 Å². The number of hydrogen-bond donors (Lipinski definition) is 2. The zero-order valence-corrected chi connectivity index (χ0v) is 11.7. The van der Waals surface area contributed by atoms with Gasteiger partial charge in [0.25, 0.3) is 0 Å². The van der Waals surface area contributed by atoms with Gasteiger partial charge < -0.3 is 15.3 Å². The van der Waals surface area contributed by atoms with E-state index in [1.807, 2.05) is 11.2 Å². The molecule has 2 N–H and O–H groups in total. The molecule has 1 heterocycles. The number of carboxylic acid groups (broad SMARTS) is 1. The van der Waals surface area contributed by atoms with Crippen molar-refractivity contribution < 1.29 is 14.7 Å². The van der Waals surface area contributed by atoms with E-state index in [1.54, 1.807) is 16.7 Å². The lowest BCUT2D eigenvalue weighted by molar-refractivity contribution is -0.138. The van der Waals surface area contributed by atoms with Gasteiger partial charge >= 0.3 is 12.0 Å². The first-order valence-corrected chi connectivity index (χ1v) is 7.31. The van der Waals surface area contributed by atoms with E-state index in [4.69, 9.17) is 5.11 Å². The number of aliphatic carboxylic acids is 1. The molecule has 1 atom stereocenters. The van der Waals surface area contributed by atoms with Gasteiger partial charge in [-0.05, 0) is 6.26 Å². The van der Waals surface area contributed by atoms with Crippen LogP contribution in [0.2, 0.25) is 0 Å². The fourth-order valence-electron chi connectivity index (χ4n) is 1.73. The van der Waals surface area contributed by atoms with Gasteiger partial charge in [-0.3, -0.25) is 9.69 Å². The average molecular weight is 275 g/mol. The van der Waals surface area contributed by atoms with Crippen LogP contribution in [0.4, 0.5) is 4.79 Å². The zero-order chi connectivity index (χ0) is 13.5. The maximum absolute atomic E-state index is 11.8. The van der Waals surface area contributed by atoms with Gasteiger partial charge in [-0.15, -0.1) is 0 Å². The summed E-state index contributed by atoms with van der Waals surface area (Å²) in [6.07, 6.45) is 2.02. The number of piperazine rings is 1. The van der Waals surface area contributed by atoms with Gasteiger partial charge in [0.05, 0.1) is 6.54 Å². The van der Waals surface area contributed by atoms with Crippen molar-refractivity contribution >= 4 is 23.8 Å². The minimum absolute atomic E-state index is 0.0501. The second-order valence-electron chi connectivity index (χ2n) is 4.39. The smallest absolute Gasteiger partial charge is 0.317 e. The Kier molecular flexibility index (Phi) is 6.28. The molecule has 0 radical (unpaired) electrons. The molecule has 2 amide bonds. The second kappa shape index (κ2) is 7.48. The molecule has 7 heteroatoms. The van der Waals surface area contributed by atoms with E-state index in [0.29, 0.717) is 38.0 Å². The molecule has 1 aliphatic heterocycles. The van der Waals surface area contributed by atoms with Crippen molar-refractivity contribution in [1.82, 2.24) is 15.1 Å². The Bertz CT molecular complexity index is 293. The molecule has 0 aromatic carbocycles. The number of carbonyl (C=O) groups is 2. The topological polar surface area (TPSA) is 72.9 Å². The number of thioether (sulfide) groups is 1. The van der Waals surface area contributed by atoms with E-state index in [9.17, 15) is 9.59 Å². The molecule has 1 fully saturated rings. The van der Waals surface area contributed by atoms with Crippen molar-refractivity contribution in [3.05, 3.63) is 0 Å². The van der Waals surface area contributed by atoms with Crippen LogP contribution in [-0.4, -0.2) is 77.7 Å². The number of carboxylic acids is 1. The van der Waals surface area contributed by atoms with Gasteiger partial charge in [0.15, 0.2) is 0 Å². The van der Waals surface area contributed by atoms with Crippen molar-refractivity contribution in [2.75, 3.05) is 45.5 Å². The summed E-state index contributed by atoms with van der Waals surface area (Å²) < 4.78 is 0. The fourth-order valence-corrected chi connectivity index (χ4v) is 1.98. The Morgan fingerprint density at radius 2 is 1.94 bits per heavy atom. The SMILES string of the molecule is CSC(C)CNC(=O)N1CCN(CC(=O)O)CC1. The van der Waals surface area contributed by atoms with Crippen molar-refractivity contribution in [2.45, 2.75) is 12.2 Å². The van der Waals surface area contributed by atoms with Crippen LogP contribution in [-0.2, 0) is 4.79 Å². The normalized spacial score (nSPS) is 18.4. The molecule has 0 saturated carbocycles. The van der Waals surface area contributed by atoms with Crippen LogP contribution in [0.1, 0.15) is 6.92 Å². The third kappa shape index (κ3) is 5.14. The standard InChI is InChI=1S/C11H21N3O3S/c1-9(18-2)7-12-11(17)14-5-3-13(4-6-14)8-10(15)16/h9H,3-8H2,1-2H3,(H,12,17)(H,15,16). The van der Waals surface area contributed by atoms with Gasteiger partial charge in [-0.2, -0.15) is 11.8 Å². The number of carbonyl (C=O) groups excluding carboxylic acids is 1. The molecule has 0 spiro atoms. The number of rotatable bonds is 5. The highest BCUT2D eigenvalue weighted by molar-refractivity contribution is 7.99. The van der Waals surface area contributed by atoms with Gasteiger partial charge in [0.2, 0.25) is 0 Å². The summed E-state index contributed by atoms with van der Waals surface area (Å²) in [5.74, 6) is -0.818. The molecule has 18 heavy (non-hydrogen) atoms. The van der Waals surface area contributed by atoms with Crippen molar-refractivity contribution in [1.29, 1.82) is 0 Å². The lowest BCUT2D eigenvalue weighted by atomic mass is 10.3. The Hall–Kier alpha value is -0.950. The largest absolute Gasteiger partial charge is 0.480 e. The van der Waals surface area contributed by atoms with Gasteiger partial charge in [-0.25, -0.2) is 4.79 Å². The minimum Gasteiger partial charge on any atom is -0.480 e. The first-order chi connectivity index (χ1) is 8.52. The summed E-state index contributed by atoms with van der Waals surface area (Å²) in [7, 11) is 0. The van der Waals surface area contributed by atoms with Crippen LogP contribution in [0, 0.1) is 0 Å². The average Bonchev–Trinajstić information content (AvgIpc) is 2.35. The van der Waals surface area contributed by atoms with E-state index >= 15 is 0 Å². The highest BCUT2D eigenvalue weighted by Crippen LogP contribution is 2.04. The number of hydrogen-bond acceptors (Lipinski definition) is 4. The van der Waals surface area contributed by atoms with E-state index in [1.165, 1.54) is 0 Å². The van der Waals surface area contributed by atoms with E-state index in [2.05, 4.69) is 12.2 Å². The summed E-state index contributed by atoms with van der Waals surface area (Å²) >= 11 is 1.71. The maximum Gasteiger partial charge on any atom is 0.317 e. The van der Waals surface area contributed by atoms with Crippen LogP contribution in [0.15, 0.2) is 0 Å². The van der Waals surface area contributed by atoms with Gasteiger partial charge in [-0.1, -0.05) is 6.92 Å². The zero-order valence-electron chi connectivity index (χ0n) is 10.9. The lowest BCUT2D eigenvalue weighted by Gasteiger charge is -2.33. The number of amides is 2. The quantitative estimate of drug-likeness (QED) is 0.747. The lowest BCUT2D eigenvalue weighted by Crippen LogP contribution is -2.53. The molecule has 0 bridgehead atoms. The van der Waals surface area contributed by atoms with E-state index in [0.717, 1.165) is 0 Å². The van der Waals surface area contributed by atoms with Gasteiger partial charge in [0, 0.05) is 38.0 Å². The van der Waals surface area contributed by atoms with Crippen molar-refractivity contribution in [3.63, 3.8) is 0 Å². The van der Waals surface area contributed by atoms with Crippen LogP contribution in [0.25, 0.3) is 0 Å². The summed E-state index contributed by atoms with van der Waals surface area (Å²) in [5, 5.41) is 12.0. The third-order valence-corrected chi connectivity index (χ3v) is 3.93. The van der Waals surface area contributed by atoms with Crippen LogP contribution >= 0.6 is 11.8 Å². The summed E-state index contributed by atoms with van der Waals surface area (Å²) in [6, 6.07) is -0.0501. The molecule has 0 aromatic heterocycles. The maximum atomic E-state index is 11.8. The number of nitrogens with zero attached hydrogens (tertiary/aromatic N) is 2. The molecular weight excluding hydrogens is 254 g/mol. The minimum atomic E-state index is -0.818. The summed E-state index contributed by atoms with van der Waals surface area (Å²) in [6.45, 7) is 5.21. The summed E-state index contributed by atoms with van der Waals surface area (Å²) in [4.78, 5) is 26.0. The first kappa shape index (κ1) is 15.1. The summed E-state index contributed by atoms with van der Waals surface area (Å²) in [5.41, 5.74) is 0. The van der Waals surface area contributed by atoms with E-state index in [-0.39, 0.29) is 12.6 Å². The first-order valence-electron chi connectivity index (χ1n) is 6.02. The Labute approximate surface area is 112 Å². The monoisotopic (exact) mass is 275 g/mol. The Morgan fingerprint density at radius 1 is 1.33 bits per heavy atom. The highest BCUT2D eigenvalue weighted by Gasteiger charge is 2.22. The molecule has 0 aliphatic carbocycles. The predicted molar refractivity (Wildman–Crippen MR) is 72.0 cm³/mol. The fraction of sp³-hybridized carbons (Fsp3) is 0.818. The van der Waals surface area contributed by atoms with Crippen LogP contribution in [0.5, 0.6) is 0 Å². The third-order valence-electron chi connectivity index (χ3n) is 2.96. The molecule has 104 valence electrons. The Balaban J connectivity index is 2.25. The van der Waals surface area contributed by atoms with Gasteiger partial charge in [0.1, 0.15) is 0 Å². The molecule has 1 saturated heterocycles. The molecule has 1 unspecified atom stereocenters. The molecule has 1 aliphatic rings. The van der Waals surface area contributed by atoms with Crippen molar-refractivity contribution in [2.24, 2.45) is 0 Å². The van der Waals surface area contributed by atoms with E-state index < -0.39 is 5.97 Å². The number of nitrogens with one attached hydrogen (secondary N) is 1. The Morgan fingerprint density at radius 3 is 2.44 bits per heavy atom. The highest BCUT2D eigenvalue weighted by atomic mass is 32.2. The second-order valence-corrected chi connectivity index (χ2v) is 5.67. The molecule has 0 aromatic rings. The predicted octanol–water partition coefficient (Wildman–Crippen LogP) is 0.150. The van der Waals surface area contributed by atoms with Crippen LogP contribution in [0.3, 0.4) is 0 Å². The molecule has 1 rings (SSSR count). The molecular formula is C11H21N3O3S. The number of urea groups is 1.